The van der Waals surface area contributed by atoms with E-state index in [-0.39, 0.29) is 0 Å². The zero-order chi connectivity index (χ0) is 13.2. The summed E-state index contributed by atoms with van der Waals surface area (Å²) in [6, 6.07) is 17.9. The van der Waals surface area contributed by atoms with E-state index in [0.29, 0.717) is 4.77 Å². The van der Waals surface area contributed by atoms with E-state index in [2.05, 4.69) is 26.1 Å². The molecule has 3 nitrogen and oxygen atoms in total. The quantitative estimate of drug-likeness (QED) is 0.708. The SMILES string of the molecule is S=c1[nH]nc(-c2ccccc2Br)n1-c1ccccc1. The second kappa shape index (κ2) is 5.11. The second-order valence-corrected chi connectivity index (χ2v) is 5.24. The van der Waals surface area contributed by atoms with Gasteiger partial charge in [-0.2, -0.15) is 5.10 Å². The van der Waals surface area contributed by atoms with E-state index in [9.17, 15) is 0 Å². The van der Waals surface area contributed by atoms with Gasteiger partial charge in [0.15, 0.2) is 10.6 Å². The van der Waals surface area contributed by atoms with Gasteiger partial charge >= 0.3 is 0 Å². The van der Waals surface area contributed by atoms with Gasteiger partial charge in [0, 0.05) is 15.7 Å². The Morgan fingerprint density at radius 1 is 1.00 bits per heavy atom. The first-order valence-electron chi connectivity index (χ1n) is 5.75. The van der Waals surface area contributed by atoms with E-state index >= 15 is 0 Å². The molecule has 0 atom stereocenters. The van der Waals surface area contributed by atoms with Crippen molar-refractivity contribution in [2.24, 2.45) is 0 Å². The van der Waals surface area contributed by atoms with Crippen LogP contribution in [-0.4, -0.2) is 14.8 Å². The second-order valence-electron chi connectivity index (χ2n) is 4.00. The van der Waals surface area contributed by atoms with E-state index in [1.807, 2.05) is 59.2 Å². The van der Waals surface area contributed by atoms with Crippen LogP contribution in [0.3, 0.4) is 0 Å². The van der Waals surface area contributed by atoms with Crippen molar-refractivity contribution in [1.29, 1.82) is 0 Å². The van der Waals surface area contributed by atoms with Crippen molar-refractivity contribution in [2.45, 2.75) is 0 Å². The third-order valence-corrected chi connectivity index (χ3v) is 3.77. The average Bonchev–Trinajstić information content (AvgIpc) is 2.82. The van der Waals surface area contributed by atoms with Crippen molar-refractivity contribution in [2.75, 3.05) is 0 Å². The third kappa shape index (κ3) is 2.27. The molecule has 3 aromatic rings. The number of hydrogen-bond acceptors (Lipinski definition) is 2. The molecule has 0 aliphatic heterocycles. The highest BCUT2D eigenvalue weighted by Crippen LogP contribution is 2.28. The van der Waals surface area contributed by atoms with E-state index in [1.165, 1.54) is 0 Å². The number of aromatic amines is 1. The number of rotatable bonds is 2. The van der Waals surface area contributed by atoms with Crippen LogP contribution in [0.25, 0.3) is 17.1 Å². The summed E-state index contributed by atoms with van der Waals surface area (Å²) in [5.41, 5.74) is 1.99. The first kappa shape index (κ1) is 12.3. The zero-order valence-corrected chi connectivity index (χ0v) is 12.3. The van der Waals surface area contributed by atoms with Crippen LogP contribution >= 0.6 is 28.1 Å². The molecule has 5 heteroatoms. The molecular formula is C14H10BrN3S. The Bertz CT molecular complexity index is 762. The minimum atomic E-state index is 0.581. The molecule has 3 rings (SSSR count). The predicted octanol–water partition coefficient (Wildman–Crippen LogP) is 4.36. The first-order valence-corrected chi connectivity index (χ1v) is 6.95. The summed E-state index contributed by atoms with van der Waals surface area (Å²) in [6.45, 7) is 0. The number of H-pyrrole nitrogens is 1. The standard InChI is InChI=1S/C14H10BrN3S/c15-12-9-5-4-8-11(12)13-16-17-14(19)18(13)10-6-2-1-3-7-10/h1-9H,(H,17,19). The number of hydrogen-bond donors (Lipinski definition) is 1. The zero-order valence-electron chi connectivity index (χ0n) is 9.88. The van der Waals surface area contributed by atoms with Crippen LogP contribution in [0, 0.1) is 4.77 Å². The van der Waals surface area contributed by atoms with Crippen LogP contribution in [0.15, 0.2) is 59.1 Å². The van der Waals surface area contributed by atoms with Gasteiger partial charge < -0.3 is 0 Å². The maximum absolute atomic E-state index is 5.33. The van der Waals surface area contributed by atoms with Crippen LogP contribution in [0.5, 0.6) is 0 Å². The largest absolute Gasteiger partial charge is 0.268 e. The molecule has 1 N–H and O–H groups in total. The Hall–Kier alpha value is -1.72. The van der Waals surface area contributed by atoms with Crippen molar-refractivity contribution in [3.05, 3.63) is 63.8 Å². The summed E-state index contributed by atoms with van der Waals surface area (Å²) < 4.78 is 3.49. The topological polar surface area (TPSA) is 33.6 Å². The van der Waals surface area contributed by atoms with Gasteiger partial charge in [-0.25, -0.2) is 0 Å². The molecule has 94 valence electrons. The van der Waals surface area contributed by atoms with Crippen LogP contribution in [0.2, 0.25) is 0 Å². The number of aromatic nitrogens is 3. The van der Waals surface area contributed by atoms with Gasteiger partial charge in [-0.15, -0.1) is 0 Å². The Morgan fingerprint density at radius 3 is 2.42 bits per heavy atom. The molecule has 0 unspecified atom stereocenters. The number of benzene rings is 2. The molecule has 0 saturated carbocycles. The molecule has 0 spiro atoms. The van der Waals surface area contributed by atoms with Crippen molar-refractivity contribution >= 4 is 28.1 Å². The smallest absolute Gasteiger partial charge is 0.200 e. The van der Waals surface area contributed by atoms with Crippen molar-refractivity contribution in [1.82, 2.24) is 14.8 Å². The highest BCUT2D eigenvalue weighted by atomic mass is 79.9. The fourth-order valence-electron chi connectivity index (χ4n) is 1.94. The molecular weight excluding hydrogens is 322 g/mol. The van der Waals surface area contributed by atoms with E-state index in [4.69, 9.17) is 12.2 Å². The lowest BCUT2D eigenvalue weighted by atomic mass is 10.2. The van der Waals surface area contributed by atoms with Crippen LogP contribution in [0.4, 0.5) is 0 Å². The molecule has 1 heterocycles. The number of nitrogens with zero attached hydrogens (tertiary/aromatic N) is 2. The van der Waals surface area contributed by atoms with Gasteiger partial charge in [-0.3, -0.25) is 9.67 Å². The molecule has 0 aliphatic rings. The van der Waals surface area contributed by atoms with Gasteiger partial charge in [-0.1, -0.05) is 52.3 Å². The van der Waals surface area contributed by atoms with Gasteiger partial charge in [0.25, 0.3) is 0 Å². The Balaban J connectivity index is 2.26. The molecule has 0 saturated heterocycles. The Morgan fingerprint density at radius 2 is 1.68 bits per heavy atom. The fraction of sp³-hybridized carbons (Fsp3) is 0. The minimum Gasteiger partial charge on any atom is -0.268 e. The third-order valence-electron chi connectivity index (χ3n) is 2.80. The average molecular weight is 332 g/mol. The number of nitrogens with one attached hydrogen (secondary N) is 1. The summed E-state index contributed by atoms with van der Waals surface area (Å²) in [5.74, 6) is 0.795. The van der Waals surface area contributed by atoms with E-state index < -0.39 is 0 Å². The number of halogens is 1. The molecule has 19 heavy (non-hydrogen) atoms. The Kier molecular flexibility index (Phi) is 3.31. The van der Waals surface area contributed by atoms with Gasteiger partial charge in [0.1, 0.15) is 0 Å². The number of para-hydroxylation sites is 1. The van der Waals surface area contributed by atoms with Gasteiger partial charge in [0.05, 0.1) is 0 Å². The molecule has 2 aromatic carbocycles. The Labute approximate surface area is 124 Å². The van der Waals surface area contributed by atoms with Crippen molar-refractivity contribution < 1.29 is 0 Å². The van der Waals surface area contributed by atoms with Crippen LogP contribution in [0.1, 0.15) is 0 Å². The minimum absolute atomic E-state index is 0.581. The maximum atomic E-state index is 5.33. The van der Waals surface area contributed by atoms with Gasteiger partial charge in [-0.05, 0) is 30.4 Å². The monoisotopic (exact) mass is 331 g/mol. The van der Waals surface area contributed by atoms with E-state index in [1.54, 1.807) is 0 Å². The molecule has 1 aromatic heterocycles. The lowest BCUT2D eigenvalue weighted by Crippen LogP contribution is -1.97. The fourth-order valence-corrected chi connectivity index (χ4v) is 2.64. The molecule has 0 aliphatic carbocycles. The first-order chi connectivity index (χ1) is 9.27. The summed E-state index contributed by atoms with van der Waals surface area (Å²) in [7, 11) is 0. The summed E-state index contributed by atoms with van der Waals surface area (Å²) >= 11 is 8.88. The van der Waals surface area contributed by atoms with Gasteiger partial charge in [0.2, 0.25) is 0 Å². The maximum Gasteiger partial charge on any atom is 0.200 e. The summed E-state index contributed by atoms with van der Waals surface area (Å²) in [4.78, 5) is 0. The summed E-state index contributed by atoms with van der Waals surface area (Å²) in [5, 5.41) is 7.20. The van der Waals surface area contributed by atoms with Crippen LogP contribution in [-0.2, 0) is 0 Å². The molecule has 0 amide bonds. The predicted molar refractivity (Wildman–Crippen MR) is 81.9 cm³/mol. The van der Waals surface area contributed by atoms with E-state index in [0.717, 1.165) is 21.5 Å². The van der Waals surface area contributed by atoms with Crippen molar-refractivity contribution in [3.63, 3.8) is 0 Å². The lowest BCUT2D eigenvalue weighted by Gasteiger charge is -2.07. The highest BCUT2D eigenvalue weighted by Gasteiger charge is 2.12. The lowest BCUT2D eigenvalue weighted by molar-refractivity contribution is 1.04. The summed E-state index contributed by atoms with van der Waals surface area (Å²) in [6.07, 6.45) is 0. The molecule has 0 radical (unpaired) electrons. The molecule has 0 bridgehead atoms. The normalized spacial score (nSPS) is 10.6. The van der Waals surface area contributed by atoms with Crippen molar-refractivity contribution in [3.8, 4) is 17.1 Å². The molecule has 0 fully saturated rings. The van der Waals surface area contributed by atoms with Crippen LogP contribution < -0.4 is 0 Å². The highest BCUT2D eigenvalue weighted by molar-refractivity contribution is 9.10.